The van der Waals surface area contributed by atoms with E-state index in [1.807, 2.05) is 6.92 Å². The number of hydrogen-bond acceptors (Lipinski definition) is 2. The molecular weight excluding hydrogens is 164 g/mol. The zero-order valence-electron chi connectivity index (χ0n) is 8.18. The van der Waals surface area contributed by atoms with Gasteiger partial charge in [-0.25, -0.2) is 0 Å². The van der Waals surface area contributed by atoms with Gasteiger partial charge in [-0.3, -0.25) is 4.79 Å². The number of carbonyl (C=O) groups excluding carboxylic acids is 1. The maximum atomic E-state index is 11.6. The van der Waals surface area contributed by atoms with Gasteiger partial charge in [0.25, 0.3) is 0 Å². The van der Waals surface area contributed by atoms with E-state index in [1.165, 1.54) is 0 Å². The van der Waals surface area contributed by atoms with E-state index in [1.54, 1.807) is 0 Å². The van der Waals surface area contributed by atoms with Crippen LogP contribution in [-0.2, 0) is 4.79 Å². The van der Waals surface area contributed by atoms with Crippen molar-refractivity contribution in [1.82, 2.24) is 5.32 Å². The first kappa shape index (κ1) is 9.00. The van der Waals surface area contributed by atoms with E-state index in [-0.39, 0.29) is 11.3 Å². The second-order valence-corrected chi connectivity index (χ2v) is 4.80. The molecule has 1 amide bonds. The van der Waals surface area contributed by atoms with E-state index in [9.17, 15) is 4.79 Å². The molecule has 2 fully saturated rings. The molecule has 0 aromatic carbocycles. The molecule has 0 heterocycles. The lowest BCUT2D eigenvalue weighted by Crippen LogP contribution is -2.48. The highest BCUT2D eigenvalue weighted by Gasteiger charge is 2.46. The van der Waals surface area contributed by atoms with Crippen molar-refractivity contribution in [2.75, 3.05) is 6.54 Å². The molecule has 0 aromatic rings. The molecule has 0 saturated heterocycles. The Labute approximate surface area is 79.1 Å². The molecule has 0 radical (unpaired) electrons. The largest absolute Gasteiger partial charge is 0.353 e. The first-order valence-electron chi connectivity index (χ1n) is 5.15. The number of carbonyl (C=O) groups is 1. The topological polar surface area (TPSA) is 55.1 Å². The van der Waals surface area contributed by atoms with Crippen LogP contribution < -0.4 is 11.1 Å². The fraction of sp³-hybridized carbons (Fsp3) is 0.900. The minimum Gasteiger partial charge on any atom is -0.353 e. The standard InChI is InChI=1S/C10H18N2O/c1-10(2-3-10)9(13)12-8-4-7(5-8)6-11/h7-8H,2-6,11H2,1H3,(H,12,13). The van der Waals surface area contributed by atoms with Crippen LogP contribution in [0, 0.1) is 11.3 Å². The Hall–Kier alpha value is -0.570. The van der Waals surface area contributed by atoms with Crippen molar-refractivity contribution >= 4 is 5.91 Å². The maximum absolute atomic E-state index is 11.6. The Morgan fingerprint density at radius 3 is 2.62 bits per heavy atom. The van der Waals surface area contributed by atoms with Crippen LogP contribution in [0.3, 0.4) is 0 Å². The number of nitrogens with one attached hydrogen (secondary N) is 1. The maximum Gasteiger partial charge on any atom is 0.226 e. The van der Waals surface area contributed by atoms with E-state index in [2.05, 4.69) is 5.32 Å². The van der Waals surface area contributed by atoms with Gasteiger partial charge in [0.2, 0.25) is 5.91 Å². The van der Waals surface area contributed by atoms with Gasteiger partial charge in [-0.2, -0.15) is 0 Å². The summed E-state index contributed by atoms with van der Waals surface area (Å²) in [4.78, 5) is 11.6. The molecule has 0 aromatic heterocycles. The molecule has 2 rings (SSSR count). The van der Waals surface area contributed by atoms with Crippen molar-refractivity contribution in [3.05, 3.63) is 0 Å². The van der Waals surface area contributed by atoms with Gasteiger partial charge >= 0.3 is 0 Å². The predicted molar refractivity (Wildman–Crippen MR) is 51.1 cm³/mol. The third-order valence-electron chi connectivity index (χ3n) is 3.45. The van der Waals surface area contributed by atoms with Crippen molar-refractivity contribution in [1.29, 1.82) is 0 Å². The number of amides is 1. The van der Waals surface area contributed by atoms with Gasteiger partial charge in [0.05, 0.1) is 0 Å². The molecule has 2 aliphatic rings. The van der Waals surface area contributed by atoms with Crippen LogP contribution in [0.5, 0.6) is 0 Å². The molecule has 0 bridgehead atoms. The van der Waals surface area contributed by atoms with E-state index >= 15 is 0 Å². The van der Waals surface area contributed by atoms with Gasteiger partial charge in [0.1, 0.15) is 0 Å². The molecule has 0 aliphatic heterocycles. The average molecular weight is 182 g/mol. The Bertz CT molecular complexity index is 217. The van der Waals surface area contributed by atoms with Crippen molar-refractivity contribution in [2.24, 2.45) is 17.1 Å². The fourth-order valence-electron chi connectivity index (χ4n) is 1.82. The lowest BCUT2D eigenvalue weighted by Gasteiger charge is -2.35. The summed E-state index contributed by atoms with van der Waals surface area (Å²) < 4.78 is 0. The van der Waals surface area contributed by atoms with Gasteiger partial charge < -0.3 is 11.1 Å². The Kier molecular flexibility index (Phi) is 2.06. The van der Waals surface area contributed by atoms with Gasteiger partial charge in [-0.15, -0.1) is 0 Å². The average Bonchev–Trinajstić information content (AvgIpc) is 2.76. The second kappa shape index (κ2) is 2.98. The minimum atomic E-state index is -0.0200. The SMILES string of the molecule is CC1(C(=O)NC2CC(CN)C2)CC1. The van der Waals surface area contributed by atoms with Gasteiger partial charge in [-0.05, 0) is 38.1 Å². The lowest BCUT2D eigenvalue weighted by atomic mass is 9.80. The van der Waals surface area contributed by atoms with E-state index in [0.29, 0.717) is 12.0 Å². The van der Waals surface area contributed by atoms with E-state index in [4.69, 9.17) is 5.73 Å². The lowest BCUT2D eigenvalue weighted by molar-refractivity contribution is -0.127. The molecule has 0 unspecified atom stereocenters. The Balaban J connectivity index is 1.72. The number of nitrogens with two attached hydrogens (primary N) is 1. The first-order chi connectivity index (χ1) is 6.14. The summed E-state index contributed by atoms with van der Waals surface area (Å²) in [5, 5.41) is 3.09. The summed E-state index contributed by atoms with van der Waals surface area (Å²) >= 11 is 0. The quantitative estimate of drug-likeness (QED) is 0.673. The van der Waals surface area contributed by atoms with E-state index in [0.717, 1.165) is 32.2 Å². The molecule has 2 aliphatic carbocycles. The molecule has 3 nitrogen and oxygen atoms in total. The van der Waals surface area contributed by atoms with Gasteiger partial charge in [0.15, 0.2) is 0 Å². The van der Waals surface area contributed by atoms with Crippen LogP contribution in [0.2, 0.25) is 0 Å². The summed E-state index contributed by atoms with van der Waals surface area (Å²) in [6.07, 6.45) is 4.29. The van der Waals surface area contributed by atoms with E-state index < -0.39 is 0 Å². The second-order valence-electron chi connectivity index (χ2n) is 4.80. The zero-order valence-corrected chi connectivity index (χ0v) is 8.18. The monoisotopic (exact) mass is 182 g/mol. The molecule has 3 heteroatoms. The predicted octanol–water partition coefficient (Wildman–Crippen LogP) is 0.640. The number of hydrogen-bond donors (Lipinski definition) is 2. The molecule has 0 atom stereocenters. The fourth-order valence-corrected chi connectivity index (χ4v) is 1.82. The smallest absolute Gasteiger partial charge is 0.226 e. The first-order valence-corrected chi connectivity index (χ1v) is 5.15. The van der Waals surface area contributed by atoms with Crippen LogP contribution in [0.1, 0.15) is 32.6 Å². The van der Waals surface area contributed by atoms with Crippen molar-refractivity contribution in [2.45, 2.75) is 38.6 Å². The molecule has 0 spiro atoms. The van der Waals surface area contributed by atoms with Crippen LogP contribution in [0.25, 0.3) is 0 Å². The van der Waals surface area contributed by atoms with Gasteiger partial charge in [-0.1, -0.05) is 6.92 Å². The Morgan fingerprint density at radius 1 is 1.54 bits per heavy atom. The van der Waals surface area contributed by atoms with Crippen molar-refractivity contribution in [3.63, 3.8) is 0 Å². The summed E-state index contributed by atoms with van der Waals surface area (Å²) in [7, 11) is 0. The molecular formula is C10H18N2O. The highest BCUT2D eigenvalue weighted by molar-refractivity contribution is 5.85. The van der Waals surface area contributed by atoms with Crippen LogP contribution in [0.4, 0.5) is 0 Å². The highest BCUT2D eigenvalue weighted by Crippen LogP contribution is 2.45. The third-order valence-corrected chi connectivity index (χ3v) is 3.45. The normalized spacial score (nSPS) is 34.9. The summed E-state index contributed by atoms with van der Waals surface area (Å²) in [6.45, 7) is 2.81. The Morgan fingerprint density at radius 2 is 2.15 bits per heavy atom. The van der Waals surface area contributed by atoms with Crippen LogP contribution >= 0.6 is 0 Å². The third kappa shape index (κ3) is 1.70. The summed E-state index contributed by atoms with van der Waals surface area (Å²) in [6, 6.07) is 0.415. The van der Waals surface area contributed by atoms with Gasteiger partial charge in [0, 0.05) is 11.5 Å². The molecule has 74 valence electrons. The van der Waals surface area contributed by atoms with Crippen molar-refractivity contribution < 1.29 is 4.79 Å². The summed E-state index contributed by atoms with van der Waals surface area (Å²) in [5.74, 6) is 0.908. The van der Waals surface area contributed by atoms with Crippen LogP contribution in [-0.4, -0.2) is 18.5 Å². The zero-order chi connectivity index (χ0) is 9.47. The molecule has 2 saturated carbocycles. The highest BCUT2D eigenvalue weighted by atomic mass is 16.2. The van der Waals surface area contributed by atoms with Crippen molar-refractivity contribution in [3.8, 4) is 0 Å². The molecule has 3 N–H and O–H groups in total. The van der Waals surface area contributed by atoms with Crippen LogP contribution in [0.15, 0.2) is 0 Å². The molecule has 13 heavy (non-hydrogen) atoms. The number of rotatable bonds is 3. The minimum absolute atomic E-state index is 0.0200. The summed E-state index contributed by atoms with van der Waals surface area (Å²) in [5.41, 5.74) is 5.49.